The van der Waals surface area contributed by atoms with Gasteiger partial charge >= 0.3 is 6.03 Å². The molecule has 0 radical (unpaired) electrons. The lowest BCUT2D eigenvalue weighted by molar-refractivity contribution is -0.144. The SMILES string of the molecule is CSC(C)CN1C(=O)NC(=O)C(C2CCCC2)C1=O. The van der Waals surface area contributed by atoms with E-state index in [1.807, 2.05) is 13.2 Å². The van der Waals surface area contributed by atoms with Gasteiger partial charge in [-0.3, -0.25) is 19.8 Å². The van der Waals surface area contributed by atoms with E-state index >= 15 is 0 Å². The molecule has 2 unspecified atom stereocenters. The molecule has 1 aliphatic carbocycles. The third-order valence-electron chi connectivity index (χ3n) is 4.00. The highest BCUT2D eigenvalue weighted by Crippen LogP contribution is 2.34. The summed E-state index contributed by atoms with van der Waals surface area (Å²) in [7, 11) is 0. The molecule has 2 fully saturated rings. The topological polar surface area (TPSA) is 66.5 Å². The second-order valence-corrected chi connectivity index (χ2v) is 6.59. The van der Waals surface area contributed by atoms with Gasteiger partial charge in [0, 0.05) is 11.8 Å². The van der Waals surface area contributed by atoms with Crippen molar-refractivity contribution in [2.45, 2.75) is 37.9 Å². The summed E-state index contributed by atoms with van der Waals surface area (Å²) in [4.78, 5) is 37.3. The summed E-state index contributed by atoms with van der Waals surface area (Å²) < 4.78 is 0. The number of urea groups is 1. The number of hydrogen-bond donors (Lipinski definition) is 1. The maximum absolute atomic E-state index is 12.4. The molecule has 6 heteroatoms. The highest BCUT2D eigenvalue weighted by molar-refractivity contribution is 7.99. The van der Waals surface area contributed by atoms with Crippen LogP contribution in [0.3, 0.4) is 0 Å². The van der Waals surface area contributed by atoms with Gasteiger partial charge in [0.15, 0.2) is 0 Å². The number of imide groups is 2. The fourth-order valence-corrected chi connectivity index (χ4v) is 3.14. The van der Waals surface area contributed by atoms with Crippen molar-refractivity contribution < 1.29 is 14.4 Å². The van der Waals surface area contributed by atoms with Crippen LogP contribution in [0.4, 0.5) is 4.79 Å². The Kier molecular flexibility index (Phi) is 4.50. The maximum Gasteiger partial charge on any atom is 0.330 e. The zero-order valence-corrected chi connectivity index (χ0v) is 12.2. The molecule has 1 heterocycles. The molecule has 106 valence electrons. The molecule has 2 atom stereocenters. The molecular formula is C13H20N2O3S. The number of thioether (sulfide) groups is 1. The van der Waals surface area contributed by atoms with Gasteiger partial charge in [0.1, 0.15) is 5.92 Å². The summed E-state index contributed by atoms with van der Waals surface area (Å²) in [6, 6.07) is -0.565. The van der Waals surface area contributed by atoms with Crippen molar-refractivity contribution in [1.82, 2.24) is 10.2 Å². The van der Waals surface area contributed by atoms with E-state index in [9.17, 15) is 14.4 Å². The van der Waals surface area contributed by atoms with Crippen LogP contribution in [0.15, 0.2) is 0 Å². The van der Waals surface area contributed by atoms with Crippen molar-refractivity contribution in [2.75, 3.05) is 12.8 Å². The Morgan fingerprint density at radius 1 is 1.32 bits per heavy atom. The number of barbiturate groups is 1. The van der Waals surface area contributed by atoms with Crippen LogP contribution in [0.25, 0.3) is 0 Å². The minimum absolute atomic E-state index is 0.104. The average molecular weight is 284 g/mol. The van der Waals surface area contributed by atoms with E-state index in [4.69, 9.17) is 0 Å². The second kappa shape index (κ2) is 5.94. The monoisotopic (exact) mass is 284 g/mol. The zero-order valence-electron chi connectivity index (χ0n) is 11.3. The van der Waals surface area contributed by atoms with Crippen LogP contribution >= 0.6 is 11.8 Å². The number of hydrogen-bond acceptors (Lipinski definition) is 4. The summed E-state index contributed by atoms with van der Waals surface area (Å²) in [6.45, 7) is 2.33. The smallest absolute Gasteiger partial charge is 0.277 e. The Morgan fingerprint density at radius 3 is 2.53 bits per heavy atom. The molecule has 2 rings (SSSR count). The second-order valence-electron chi connectivity index (χ2n) is 5.31. The highest BCUT2D eigenvalue weighted by atomic mass is 32.2. The Bertz CT molecular complexity index is 393. The number of carbonyl (C=O) groups is 3. The van der Waals surface area contributed by atoms with Crippen LogP contribution in [0, 0.1) is 11.8 Å². The molecule has 1 N–H and O–H groups in total. The number of rotatable bonds is 4. The number of carbonyl (C=O) groups excluding carboxylic acids is 3. The molecule has 0 bridgehead atoms. The van der Waals surface area contributed by atoms with Gasteiger partial charge in [-0.15, -0.1) is 0 Å². The number of nitrogens with one attached hydrogen (secondary N) is 1. The Balaban J connectivity index is 2.13. The summed E-state index contributed by atoms with van der Waals surface area (Å²) in [5.74, 6) is -1.27. The molecule has 19 heavy (non-hydrogen) atoms. The van der Waals surface area contributed by atoms with Gasteiger partial charge in [-0.1, -0.05) is 19.8 Å². The molecule has 1 saturated heterocycles. The predicted octanol–water partition coefficient (Wildman–Crippen LogP) is 1.62. The van der Waals surface area contributed by atoms with Crippen molar-refractivity contribution in [3.8, 4) is 0 Å². The first-order valence-corrected chi connectivity index (χ1v) is 8.02. The lowest BCUT2D eigenvalue weighted by Gasteiger charge is -2.33. The molecule has 2 aliphatic rings. The Hall–Kier alpha value is -1.04. The minimum Gasteiger partial charge on any atom is -0.277 e. The first-order valence-electron chi connectivity index (χ1n) is 6.73. The first-order chi connectivity index (χ1) is 9.04. The summed E-state index contributed by atoms with van der Waals surface area (Å²) in [5, 5.41) is 2.51. The van der Waals surface area contributed by atoms with Crippen LogP contribution in [-0.2, 0) is 9.59 Å². The van der Waals surface area contributed by atoms with Crippen LogP contribution in [0.5, 0.6) is 0 Å². The molecular weight excluding hydrogens is 264 g/mol. The van der Waals surface area contributed by atoms with Crippen LogP contribution in [-0.4, -0.2) is 40.8 Å². The molecule has 4 amide bonds. The molecule has 0 aromatic rings. The molecule has 1 saturated carbocycles. The maximum atomic E-state index is 12.4. The van der Waals surface area contributed by atoms with E-state index in [2.05, 4.69) is 5.32 Å². The van der Waals surface area contributed by atoms with Crippen LogP contribution in [0.1, 0.15) is 32.6 Å². The van der Waals surface area contributed by atoms with Crippen molar-refractivity contribution in [3.05, 3.63) is 0 Å². The standard InChI is InChI=1S/C13H20N2O3S/c1-8(19-2)7-15-12(17)10(9-5-3-4-6-9)11(16)14-13(15)18/h8-10H,3-7H2,1-2H3,(H,14,16,18). The van der Waals surface area contributed by atoms with E-state index in [-0.39, 0.29) is 17.1 Å². The van der Waals surface area contributed by atoms with Gasteiger partial charge in [-0.05, 0) is 25.0 Å². The minimum atomic E-state index is -0.658. The number of amides is 4. The lowest BCUT2D eigenvalue weighted by atomic mass is 9.87. The quantitative estimate of drug-likeness (QED) is 0.797. The van der Waals surface area contributed by atoms with Crippen LogP contribution < -0.4 is 5.32 Å². The van der Waals surface area contributed by atoms with Gasteiger partial charge in [0.25, 0.3) is 0 Å². The molecule has 0 aromatic carbocycles. The molecule has 5 nitrogen and oxygen atoms in total. The van der Waals surface area contributed by atoms with E-state index in [1.165, 1.54) is 4.90 Å². The van der Waals surface area contributed by atoms with Gasteiger partial charge in [0.2, 0.25) is 11.8 Å². The number of nitrogens with zero attached hydrogens (tertiary/aromatic N) is 1. The van der Waals surface area contributed by atoms with Gasteiger partial charge in [-0.25, -0.2) is 4.79 Å². The predicted molar refractivity (Wildman–Crippen MR) is 73.7 cm³/mol. The van der Waals surface area contributed by atoms with E-state index < -0.39 is 17.9 Å². The van der Waals surface area contributed by atoms with Gasteiger partial charge < -0.3 is 0 Å². The first kappa shape index (κ1) is 14.4. The fraction of sp³-hybridized carbons (Fsp3) is 0.769. The Morgan fingerprint density at radius 2 is 1.95 bits per heavy atom. The lowest BCUT2D eigenvalue weighted by Crippen LogP contribution is -2.60. The fourth-order valence-electron chi connectivity index (χ4n) is 2.84. The summed E-state index contributed by atoms with van der Waals surface area (Å²) in [6.07, 6.45) is 5.89. The largest absolute Gasteiger partial charge is 0.330 e. The third kappa shape index (κ3) is 2.94. The van der Waals surface area contributed by atoms with E-state index in [1.54, 1.807) is 11.8 Å². The third-order valence-corrected chi connectivity index (χ3v) is 4.96. The van der Waals surface area contributed by atoms with E-state index in [0.717, 1.165) is 25.7 Å². The normalized spacial score (nSPS) is 26.7. The van der Waals surface area contributed by atoms with Crippen molar-refractivity contribution in [2.24, 2.45) is 11.8 Å². The van der Waals surface area contributed by atoms with Crippen molar-refractivity contribution >= 4 is 29.6 Å². The van der Waals surface area contributed by atoms with Crippen molar-refractivity contribution in [1.29, 1.82) is 0 Å². The summed E-state index contributed by atoms with van der Waals surface area (Å²) in [5.41, 5.74) is 0. The van der Waals surface area contributed by atoms with E-state index in [0.29, 0.717) is 6.54 Å². The highest BCUT2D eigenvalue weighted by Gasteiger charge is 2.45. The summed E-state index contributed by atoms with van der Waals surface area (Å²) >= 11 is 1.60. The molecule has 1 aliphatic heterocycles. The molecule has 0 spiro atoms. The molecule has 0 aromatic heterocycles. The van der Waals surface area contributed by atoms with Crippen LogP contribution in [0.2, 0.25) is 0 Å². The van der Waals surface area contributed by atoms with Gasteiger partial charge in [0.05, 0.1) is 0 Å². The average Bonchev–Trinajstić information content (AvgIpc) is 2.87. The zero-order chi connectivity index (χ0) is 14.0. The Labute approximate surface area is 117 Å². The van der Waals surface area contributed by atoms with Crippen molar-refractivity contribution in [3.63, 3.8) is 0 Å². The van der Waals surface area contributed by atoms with Gasteiger partial charge in [-0.2, -0.15) is 11.8 Å².